The highest BCUT2D eigenvalue weighted by Gasteiger charge is 2.30. The number of hydrogen-bond donors (Lipinski definition) is 0. The first-order valence-electron chi connectivity index (χ1n) is 6.93. The topological polar surface area (TPSA) is 17.1 Å². The summed E-state index contributed by atoms with van der Waals surface area (Å²) in [6.07, 6.45) is 3.31. The van der Waals surface area contributed by atoms with Gasteiger partial charge in [-0.1, -0.05) is 29.8 Å². The predicted octanol–water partition coefficient (Wildman–Crippen LogP) is 4.77. The molecule has 1 aliphatic carbocycles. The second-order valence-electron chi connectivity index (χ2n) is 5.92. The van der Waals surface area contributed by atoms with Gasteiger partial charge in [0.05, 0.1) is 0 Å². The van der Waals surface area contributed by atoms with Gasteiger partial charge < -0.3 is 0 Å². The second kappa shape index (κ2) is 6.17. The zero-order valence-electron chi connectivity index (χ0n) is 11.5. The summed E-state index contributed by atoms with van der Waals surface area (Å²) in [5.74, 6) is 1.41. The molecule has 0 spiro atoms. The van der Waals surface area contributed by atoms with E-state index < -0.39 is 0 Å². The molecule has 2 unspecified atom stereocenters. The SMILES string of the molecule is CC(C)C1CCC(=O)C(Cc2cc(F)cc(Br)c2)C1. The molecule has 0 N–H and O–H groups in total. The van der Waals surface area contributed by atoms with Crippen LogP contribution in [0.3, 0.4) is 0 Å². The normalized spacial score (nSPS) is 23.9. The fraction of sp³-hybridized carbons (Fsp3) is 0.562. The van der Waals surface area contributed by atoms with E-state index in [2.05, 4.69) is 29.8 Å². The molecule has 0 radical (unpaired) electrons. The Morgan fingerprint density at radius 2 is 2.11 bits per heavy atom. The Morgan fingerprint density at radius 3 is 2.74 bits per heavy atom. The van der Waals surface area contributed by atoms with Gasteiger partial charge in [-0.3, -0.25) is 4.79 Å². The van der Waals surface area contributed by atoms with Crippen molar-refractivity contribution in [2.24, 2.45) is 17.8 Å². The molecule has 1 saturated carbocycles. The van der Waals surface area contributed by atoms with Gasteiger partial charge in [0, 0.05) is 16.8 Å². The minimum Gasteiger partial charge on any atom is -0.299 e. The highest BCUT2D eigenvalue weighted by molar-refractivity contribution is 9.10. The Labute approximate surface area is 122 Å². The summed E-state index contributed by atoms with van der Waals surface area (Å²) in [5.41, 5.74) is 0.912. The van der Waals surface area contributed by atoms with Crippen LogP contribution in [-0.4, -0.2) is 5.78 Å². The third-order valence-electron chi connectivity index (χ3n) is 4.15. The van der Waals surface area contributed by atoms with E-state index in [1.165, 1.54) is 12.1 Å². The molecule has 2 rings (SSSR count). The van der Waals surface area contributed by atoms with Gasteiger partial charge in [-0.15, -0.1) is 0 Å². The van der Waals surface area contributed by atoms with Crippen molar-refractivity contribution in [1.82, 2.24) is 0 Å². The first-order chi connectivity index (χ1) is 8.95. The lowest BCUT2D eigenvalue weighted by Crippen LogP contribution is -2.28. The molecule has 0 amide bonds. The predicted molar refractivity (Wildman–Crippen MR) is 78.5 cm³/mol. The number of rotatable bonds is 3. The number of Topliss-reactive ketones (excluding diaryl/α,β-unsaturated/α-hetero) is 1. The molecule has 0 aliphatic heterocycles. The van der Waals surface area contributed by atoms with E-state index in [1.807, 2.05) is 6.07 Å². The molecule has 1 aromatic carbocycles. The summed E-state index contributed by atoms with van der Waals surface area (Å²) in [4.78, 5) is 12.0. The molecular formula is C16H20BrFO. The number of ketones is 1. The molecule has 0 bridgehead atoms. The lowest BCUT2D eigenvalue weighted by molar-refractivity contribution is -0.125. The maximum absolute atomic E-state index is 13.4. The van der Waals surface area contributed by atoms with E-state index in [1.54, 1.807) is 0 Å². The molecule has 3 heteroatoms. The molecule has 2 atom stereocenters. The standard InChI is InChI=1S/C16H20BrFO/c1-10(2)12-3-4-16(19)13(8-12)5-11-6-14(17)9-15(18)7-11/h6-7,9-10,12-13H,3-5,8H2,1-2H3. The maximum atomic E-state index is 13.4. The van der Waals surface area contributed by atoms with Gasteiger partial charge in [-0.2, -0.15) is 0 Å². The number of hydrogen-bond acceptors (Lipinski definition) is 1. The van der Waals surface area contributed by atoms with E-state index in [-0.39, 0.29) is 11.7 Å². The molecule has 1 nitrogen and oxygen atoms in total. The van der Waals surface area contributed by atoms with Crippen LogP contribution in [0.15, 0.2) is 22.7 Å². The van der Waals surface area contributed by atoms with Gasteiger partial charge in [0.15, 0.2) is 0 Å². The van der Waals surface area contributed by atoms with Crippen LogP contribution in [0, 0.1) is 23.6 Å². The number of benzene rings is 1. The lowest BCUT2D eigenvalue weighted by atomic mass is 9.73. The Kier molecular flexibility index (Phi) is 4.77. The van der Waals surface area contributed by atoms with Gasteiger partial charge in [-0.25, -0.2) is 4.39 Å². The zero-order chi connectivity index (χ0) is 14.0. The second-order valence-corrected chi connectivity index (χ2v) is 6.84. The van der Waals surface area contributed by atoms with Crippen molar-refractivity contribution in [3.05, 3.63) is 34.1 Å². The molecule has 0 aromatic heterocycles. The smallest absolute Gasteiger partial charge is 0.136 e. The molecule has 1 aromatic rings. The van der Waals surface area contributed by atoms with Crippen LogP contribution in [-0.2, 0) is 11.2 Å². The third kappa shape index (κ3) is 3.88. The average Bonchev–Trinajstić information content (AvgIpc) is 2.30. The van der Waals surface area contributed by atoms with Crippen LogP contribution in [0.2, 0.25) is 0 Å². The molecular weight excluding hydrogens is 307 g/mol. The van der Waals surface area contributed by atoms with Crippen LogP contribution < -0.4 is 0 Å². The molecule has 0 heterocycles. The van der Waals surface area contributed by atoms with E-state index in [0.29, 0.717) is 30.5 Å². The highest BCUT2D eigenvalue weighted by Crippen LogP contribution is 2.33. The number of halogens is 2. The zero-order valence-corrected chi connectivity index (χ0v) is 13.0. The van der Waals surface area contributed by atoms with Gasteiger partial charge in [0.25, 0.3) is 0 Å². The highest BCUT2D eigenvalue weighted by atomic mass is 79.9. The number of carbonyl (C=O) groups is 1. The molecule has 19 heavy (non-hydrogen) atoms. The lowest BCUT2D eigenvalue weighted by Gasteiger charge is -2.30. The van der Waals surface area contributed by atoms with Crippen LogP contribution in [0.4, 0.5) is 4.39 Å². The van der Waals surface area contributed by atoms with Crippen LogP contribution >= 0.6 is 15.9 Å². The molecule has 0 saturated heterocycles. The van der Waals surface area contributed by atoms with Gasteiger partial charge >= 0.3 is 0 Å². The third-order valence-corrected chi connectivity index (χ3v) is 4.61. The van der Waals surface area contributed by atoms with Crippen molar-refractivity contribution in [3.8, 4) is 0 Å². The summed E-state index contributed by atoms with van der Waals surface area (Å²) >= 11 is 3.30. The van der Waals surface area contributed by atoms with Crippen LogP contribution in [0.5, 0.6) is 0 Å². The number of carbonyl (C=O) groups excluding carboxylic acids is 1. The quantitative estimate of drug-likeness (QED) is 0.781. The van der Waals surface area contributed by atoms with Gasteiger partial charge in [-0.05, 0) is 54.9 Å². The fourth-order valence-corrected chi connectivity index (χ4v) is 3.48. The minimum absolute atomic E-state index is 0.0647. The summed E-state index contributed by atoms with van der Waals surface area (Å²) in [6.45, 7) is 4.44. The monoisotopic (exact) mass is 326 g/mol. The Hall–Kier alpha value is -0.700. The summed E-state index contributed by atoms with van der Waals surface area (Å²) < 4.78 is 14.1. The first kappa shape index (κ1) is 14.7. The first-order valence-corrected chi connectivity index (χ1v) is 7.72. The fourth-order valence-electron chi connectivity index (χ4n) is 2.96. The van der Waals surface area contributed by atoms with Crippen molar-refractivity contribution in [3.63, 3.8) is 0 Å². The van der Waals surface area contributed by atoms with Crippen LogP contribution in [0.1, 0.15) is 38.7 Å². The summed E-state index contributed by atoms with van der Waals surface area (Å²) in [7, 11) is 0. The van der Waals surface area contributed by atoms with Crippen molar-refractivity contribution in [1.29, 1.82) is 0 Å². The van der Waals surface area contributed by atoms with E-state index in [0.717, 1.165) is 22.9 Å². The van der Waals surface area contributed by atoms with E-state index in [9.17, 15) is 9.18 Å². The summed E-state index contributed by atoms with van der Waals surface area (Å²) in [5, 5.41) is 0. The van der Waals surface area contributed by atoms with Crippen molar-refractivity contribution >= 4 is 21.7 Å². The van der Waals surface area contributed by atoms with E-state index in [4.69, 9.17) is 0 Å². The van der Waals surface area contributed by atoms with Gasteiger partial charge in [0.2, 0.25) is 0 Å². The summed E-state index contributed by atoms with van der Waals surface area (Å²) in [6, 6.07) is 4.90. The molecule has 1 aliphatic rings. The maximum Gasteiger partial charge on any atom is 0.136 e. The largest absolute Gasteiger partial charge is 0.299 e. The Morgan fingerprint density at radius 1 is 1.37 bits per heavy atom. The average molecular weight is 327 g/mol. The van der Waals surface area contributed by atoms with E-state index >= 15 is 0 Å². The Balaban J connectivity index is 2.09. The van der Waals surface area contributed by atoms with Crippen molar-refractivity contribution in [2.75, 3.05) is 0 Å². The minimum atomic E-state index is -0.243. The Bertz CT molecular complexity index is 450. The molecule has 104 valence electrons. The molecule has 1 fully saturated rings. The van der Waals surface area contributed by atoms with Crippen molar-refractivity contribution in [2.45, 2.75) is 39.5 Å². The van der Waals surface area contributed by atoms with Gasteiger partial charge in [0.1, 0.15) is 11.6 Å². The van der Waals surface area contributed by atoms with Crippen LogP contribution in [0.25, 0.3) is 0 Å². The van der Waals surface area contributed by atoms with Crippen molar-refractivity contribution < 1.29 is 9.18 Å².